The maximum Gasteiger partial charge on any atom is 0.416 e. The number of ether oxygens (including phenoxy) is 1. The molecule has 0 heterocycles. The molecule has 0 atom stereocenters. The Balaban J connectivity index is 1.66. The van der Waals surface area contributed by atoms with E-state index in [4.69, 9.17) is 16.3 Å². The van der Waals surface area contributed by atoms with Gasteiger partial charge in [-0.05, 0) is 62.1 Å². The van der Waals surface area contributed by atoms with Crippen molar-refractivity contribution < 1.29 is 31.1 Å². The standard InChI is InChI=1S/C21H21ClF3NO4S/c1-30-19-12-14(22)5-10-18(19)20(27)26-15-6-8-16(9-7-15)31(28,29)17-4-2-3-13(11-17)21(23,24)25/h2-5,10-12,15-16H,6-9H2,1H3,(H,26,27)/t15-,16+. The number of benzene rings is 2. The maximum absolute atomic E-state index is 12.9. The van der Waals surface area contributed by atoms with Crippen LogP contribution in [-0.2, 0) is 16.0 Å². The molecule has 0 aliphatic heterocycles. The van der Waals surface area contributed by atoms with Crippen LogP contribution in [0.1, 0.15) is 41.6 Å². The van der Waals surface area contributed by atoms with Crippen molar-refractivity contribution in [3.63, 3.8) is 0 Å². The minimum atomic E-state index is -4.61. The first-order valence-corrected chi connectivity index (χ1v) is 11.5. The van der Waals surface area contributed by atoms with Crippen molar-refractivity contribution in [1.82, 2.24) is 5.32 Å². The third-order valence-corrected chi connectivity index (χ3v) is 7.84. The van der Waals surface area contributed by atoms with Crippen LogP contribution in [0.25, 0.3) is 0 Å². The van der Waals surface area contributed by atoms with Gasteiger partial charge in [-0.25, -0.2) is 8.42 Å². The molecule has 1 aliphatic rings. The summed E-state index contributed by atoms with van der Waals surface area (Å²) in [7, 11) is -2.49. The lowest BCUT2D eigenvalue weighted by Gasteiger charge is -2.29. The molecule has 0 spiro atoms. The molecule has 1 saturated carbocycles. The Bertz CT molecular complexity index is 1060. The number of rotatable bonds is 5. The highest BCUT2D eigenvalue weighted by Gasteiger charge is 2.35. The number of amides is 1. The summed E-state index contributed by atoms with van der Waals surface area (Å²) in [5.74, 6) is -0.0384. The molecule has 10 heteroatoms. The highest BCUT2D eigenvalue weighted by molar-refractivity contribution is 7.92. The van der Waals surface area contributed by atoms with Crippen molar-refractivity contribution in [1.29, 1.82) is 0 Å². The van der Waals surface area contributed by atoms with Crippen LogP contribution in [0, 0.1) is 0 Å². The predicted molar refractivity (Wildman–Crippen MR) is 110 cm³/mol. The molecule has 1 fully saturated rings. The Morgan fingerprint density at radius 3 is 2.39 bits per heavy atom. The number of halogens is 4. The average Bonchev–Trinajstić information content (AvgIpc) is 2.73. The van der Waals surface area contributed by atoms with Gasteiger partial charge in [0, 0.05) is 11.1 Å². The Morgan fingerprint density at radius 1 is 1.10 bits per heavy atom. The van der Waals surface area contributed by atoms with Crippen LogP contribution in [0.3, 0.4) is 0 Å². The number of hydrogen-bond donors (Lipinski definition) is 1. The Labute approximate surface area is 183 Å². The van der Waals surface area contributed by atoms with Gasteiger partial charge in [-0.1, -0.05) is 17.7 Å². The smallest absolute Gasteiger partial charge is 0.416 e. The van der Waals surface area contributed by atoms with Crippen molar-refractivity contribution in [2.24, 2.45) is 0 Å². The topological polar surface area (TPSA) is 72.5 Å². The molecule has 0 aromatic heterocycles. The zero-order valence-electron chi connectivity index (χ0n) is 16.6. The van der Waals surface area contributed by atoms with Crippen LogP contribution >= 0.6 is 11.6 Å². The van der Waals surface area contributed by atoms with Crippen molar-refractivity contribution >= 4 is 27.3 Å². The van der Waals surface area contributed by atoms with Gasteiger partial charge in [0.15, 0.2) is 9.84 Å². The molecular formula is C21H21ClF3NO4S. The fraction of sp³-hybridized carbons (Fsp3) is 0.381. The van der Waals surface area contributed by atoms with E-state index in [9.17, 15) is 26.4 Å². The van der Waals surface area contributed by atoms with Gasteiger partial charge >= 0.3 is 6.18 Å². The normalized spacial score (nSPS) is 19.6. The monoisotopic (exact) mass is 475 g/mol. The summed E-state index contributed by atoms with van der Waals surface area (Å²) >= 11 is 5.91. The molecule has 2 aromatic carbocycles. The molecule has 168 valence electrons. The molecule has 31 heavy (non-hydrogen) atoms. The summed E-state index contributed by atoms with van der Waals surface area (Å²) in [6.45, 7) is 0. The zero-order valence-corrected chi connectivity index (χ0v) is 18.2. The fourth-order valence-electron chi connectivity index (χ4n) is 3.68. The van der Waals surface area contributed by atoms with E-state index in [1.807, 2.05) is 0 Å². The number of sulfone groups is 1. The molecular weight excluding hydrogens is 455 g/mol. The molecule has 1 aliphatic carbocycles. The van der Waals surface area contributed by atoms with Crippen LogP contribution in [0.15, 0.2) is 47.4 Å². The van der Waals surface area contributed by atoms with Gasteiger partial charge in [-0.15, -0.1) is 0 Å². The molecule has 1 amide bonds. The van der Waals surface area contributed by atoms with E-state index in [-0.39, 0.29) is 29.7 Å². The quantitative estimate of drug-likeness (QED) is 0.668. The Kier molecular flexibility index (Phi) is 6.85. The number of nitrogens with one attached hydrogen (secondary N) is 1. The molecule has 2 aromatic rings. The minimum absolute atomic E-state index is 0.237. The summed E-state index contributed by atoms with van der Waals surface area (Å²) in [6.07, 6.45) is -3.35. The number of methoxy groups -OCH3 is 1. The Morgan fingerprint density at radius 2 is 1.77 bits per heavy atom. The van der Waals surface area contributed by atoms with E-state index in [1.54, 1.807) is 12.1 Å². The lowest BCUT2D eigenvalue weighted by Crippen LogP contribution is -2.40. The third kappa shape index (κ3) is 5.33. The van der Waals surface area contributed by atoms with E-state index in [2.05, 4.69) is 5.32 Å². The van der Waals surface area contributed by atoms with Crippen LogP contribution in [-0.4, -0.2) is 32.7 Å². The second kappa shape index (κ2) is 9.08. The van der Waals surface area contributed by atoms with Crippen LogP contribution in [0.5, 0.6) is 5.75 Å². The minimum Gasteiger partial charge on any atom is -0.496 e. The van der Waals surface area contributed by atoms with Crippen molar-refractivity contribution in [2.45, 2.75) is 48.0 Å². The van der Waals surface area contributed by atoms with Gasteiger partial charge in [-0.2, -0.15) is 13.2 Å². The first kappa shape index (κ1) is 23.4. The zero-order chi connectivity index (χ0) is 22.8. The first-order chi connectivity index (χ1) is 14.5. The van der Waals surface area contributed by atoms with Crippen molar-refractivity contribution in [3.05, 3.63) is 58.6 Å². The molecule has 3 rings (SSSR count). The van der Waals surface area contributed by atoms with Gasteiger partial charge in [0.1, 0.15) is 5.75 Å². The molecule has 0 bridgehead atoms. The predicted octanol–water partition coefficient (Wildman–Crippen LogP) is 4.88. The lowest BCUT2D eigenvalue weighted by atomic mass is 9.94. The fourth-order valence-corrected chi connectivity index (χ4v) is 5.67. The summed E-state index contributed by atoms with van der Waals surface area (Å²) in [6, 6.07) is 8.19. The van der Waals surface area contributed by atoms with E-state index in [1.165, 1.54) is 19.2 Å². The third-order valence-electron chi connectivity index (χ3n) is 5.35. The second-order valence-corrected chi connectivity index (χ2v) is 10.0. The number of carbonyl (C=O) groups excluding carboxylic acids is 1. The van der Waals surface area contributed by atoms with E-state index < -0.39 is 26.8 Å². The van der Waals surface area contributed by atoms with Gasteiger partial charge < -0.3 is 10.1 Å². The highest BCUT2D eigenvalue weighted by atomic mass is 35.5. The summed E-state index contributed by atoms with van der Waals surface area (Å²) in [4.78, 5) is 12.2. The van der Waals surface area contributed by atoms with Crippen LogP contribution < -0.4 is 10.1 Å². The van der Waals surface area contributed by atoms with Gasteiger partial charge in [-0.3, -0.25) is 4.79 Å². The number of hydrogen-bond acceptors (Lipinski definition) is 4. The van der Waals surface area contributed by atoms with Crippen LogP contribution in [0.4, 0.5) is 13.2 Å². The highest BCUT2D eigenvalue weighted by Crippen LogP contribution is 2.34. The van der Waals surface area contributed by atoms with E-state index >= 15 is 0 Å². The SMILES string of the molecule is COc1cc(Cl)ccc1C(=O)N[C@H]1CC[C@@H](S(=O)(=O)c2cccc(C(F)(F)F)c2)CC1. The van der Waals surface area contributed by atoms with Crippen molar-refractivity contribution in [3.8, 4) is 5.75 Å². The molecule has 0 radical (unpaired) electrons. The largest absolute Gasteiger partial charge is 0.496 e. The lowest BCUT2D eigenvalue weighted by molar-refractivity contribution is -0.137. The molecule has 0 unspecified atom stereocenters. The maximum atomic E-state index is 12.9. The average molecular weight is 476 g/mol. The van der Waals surface area contributed by atoms with Crippen LogP contribution in [0.2, 0.25) is 5.02 Å². The van der Waals surface area contributed by atoms with Crippen molar-refractivity contribution in [2.75, 3.05) is 7.11 Å². The summed E-state index contributed by atoms with van der Waals surface area (Å²) < 4.78 is 69.7. The van der Waals surface area contributed by atoms with E-state index in [0.717, 1.165) is 12.1 Å². The molecule has 0 saturated heterocycles. The molecule has 1 N–H and O–H groups in total. The summed E-state index contributed by atoms with van der Waals surface area (Å²) in [5, 5.41) is 2.49. The second-order valence-electron chi connectivity index (χ2n) is 7.36. The summed E-state index contributed by atoms with van der Waals surface area (Å²) in [5.41, 5.74) is -0.683. The van der Waals surface area contributed by atoms with E-state index in [0.29, 0.717) is 35.2 Å². The van der Waals surface area contributed by atoms with Gasteiger partial charge in [0.05, 0.1) is 28.4 Å². The Hall–Kier alpha value is -2.26. The van der Waals surface area contributed by atoms with Gasteiger partial charge in [0.25, 0.3) is 5.91 Å². The number of carbonyl (C=O) groups is 1. The molecule has 5 nitrogen and oxygen atoms in total. The first-order valence-electron chi connectivity index (χ1n) is 9.58. The van der Waals surface area contributed by atoms with Gasteiger partial charge in [0.2, 0.25) is 0 Å². The number of alkyl halides is 3.